The van der Waals surface area contributed by atoms with Gasteiger partial charge in [-0.15, -0.1) is 0 Å². The third-order valence-electron chi connectivity index (χ3n) is 7.26. The van der Waals surface area contributed by atoms with E-state index >= 15 is 0 Å². The summed E-state index contributed by atoms with van der Waals surface area (Å²) in [4.78, 5) is 42.1. The molecule has 0 saturated carbocycles. The summed E-state index contributed by atoms with van der Waals surface area (Å²) >= 11 is 0. The van der Waals surface area contributed by atoms with Crippen molar-refractivity contribution < 1.29 is 50.2 Å². The molecule has 1 N–H and O–H groups in total. The lowest BCUT2D eigenvalue weighted by Gasteiger charge is -2.34. The van der Waals surface area contributed by atoms with Gasteiger partial charge in [0.2, 0.25) is 5.91 Å². The second-order valence-corrected chi connectivity index (χ2v) is 12.8. The molecule has 0 aliphatic rings. The van der Waals surface area contributed by atoms with Crippen LogP contribution in [0.25, 0.3) is 5.57 Å². The maximum Gasteiger partial charge on any atom is 0.398 e. The minimum Gasteiger partial charge on any atom is -0.494 e. The fraction of sp³-hybridized carbons (Fsp3) is 0.529. The van der Waals surface area contributed by atoms with E-state index in [4.69, 9.17) is 9.47 Å². The Kier molecular flexibility index (Phi) is 13.2. The van der Waals surface area contributed by atoms with Gasteiger partial charge in [0, 0.05) is 24.7 Å². The van der Waals surface area contributed by atoms with Crippen LogP contribution >= 0.6 is 0 Å². The van der Waals surface area contributed by atoms with Gasteiger partial charge in [-0.05, 0) is 88.3 Å². The number of ether oxygens (including phenoxy) is 2. The number of esters is 1. The molecule has 0 saturated heterocycles. The number of amides is 1. The van der Waals surface area contributed by atoms with Crippen molar-refractivity contribution in [3.05, 3.63) is 65.0 Å². The molecule has 1 amide bonds. The van der Waals surface area contributed by atoms with E-state index in [0.29, 0.717) is 0 Å². The average molecular weight is 673 g/mol. The summed E-state index contributed by atoms with van der Waals surface area (Å²) < 4.78 is 92.6. The Bertz CT molecular complexity index is 1410. The minimum absolute atomic E-state index is 0.0577. The maximum absolute atomic E-state index is 15.0. The summed E-state index contributed by atoms with van der Waals surface area (Å²) in [5.41, 5.74) is -2.90. The number of carbonyl (C=O) groups excluding carboxylic acids is 3. The quantitative estimate of drug-likeness (QED) is 0.0718. The largest absolute Gasteiger partial charge is 0.494 e. The molecule has 0 unspecified atom stereocenters. The van der Waals surface area contributed by atoms with Crippen molar-refractivity contribution in [2.75, 3.05) is 13.2 Å². The van der Waals surface area contributed by atoms with Crippen LogP contribution in [0.5, 0.6) is 5.75 Å². The number of rotatable bonds is 14. The number of pyridine rings is 1. The molecule has 7 nitrogen and oxygen atoms in total. The van der Waals surface area contributed by atoms with Gasteiger partial charge in [-0.25, -0.2) is 0 Å². The summed E-state index contributed by atoms with van der Waals surface area (Å²) in [6, 6.07) is 8.06. The fourth-order valence-corrected chi connectivity index (χ4v) is 4.58. The Morgan fingerprint density at radius 2 is 1.53 bits per heavy atom. The second-order valence-electron chi connectivity index (χ2n) is 12.8. The summed E-state index contributed by atoms with van der Waals surface area (Å²) in [5, 5.41) is 2.45. The van der Waals surface area contributed by atoms with Gasteiger partial charge in [-0.2, -0.15) is 26.3 Å². The summed E-state index contributed by atoms with van der Waals surface area (Å²) in [6.07, 6.45) is -10.5. The Balaban J connectivity index is 2.52. The van der Waals surface area contributed by atoms with Crippen LogP contribution in [0.3, 0.4) is 0 Å². The van der Waals surface area contributed by atoms with Crippen molar-refractivity contribution in [3.63, 3.8) is 0 Å². The van der Waals surface area contributed by atoms with Crippen LogP contribution in [0.1, 0.15) is 96.9 Å². The third kappa shape index (κ3) is 12.3. The number of Topliss-reactive ketones (excluding diaryl/α,β-unsaturated/α-hetero) is 1. The van der Waals surface area contributed by atoms with Gasteiger partial charge in [0.25, 0.3) is 0 Å². The highest BCUT2D eigenvalue weighted by Gasteiger charge is 2.53. The van der Waals surface area contributed by atoms with Crippen molar-refractivity contribution in [3.8, 4) is 5.75 Å². The molecule has 2 rings (SSSR count). The highest BCUT2D eigenvalue weighted by molar-refractivity contribution is 6.02. The Labute approximate surface area is 271 Å². The lowest BCUT2D eigenvalue weighted by molar-refractivity contribution is -0.184. The van der Waals surface area contributed by atoms with Crippen LogP contribution in [0.15, 0.2) is 48.2 Å². The molecule has 1 aromatic heterocycles. The van der Waals surface area contributed by atoms with Crippen LogP contribution < -0.4 is 10.1 Å². The molecule has 1 aromatic carbocycles. The highest BCUT2D eigenvalue weighted by atomic mass is 19.4. The topological polar surface area (TPSA) is 94.6 Å². The zero-order chi connectivity index (χ0) is 35.8. The number of halogens is 6. The Morgan fingerprint density at radius 1 is 0.915 bits per heavy atom. The fourth-order valence-electron chi connectivity index (χ4n) is 4.58. The Morgan fingerprint density at radius 3 is 2.00 bits per heavy atom. The zero-order valence-corrected chi connectivity index (χ0v) is 27.6. The zero-order valence-electron chi connectivity index (χ0n) is 27.6. The predicted octanol–water partition coefficient (Wildman–Crippen LogP) is 8.03. The average Bonchev–Trinajstić information content (AvgIpc) is 2.92. The van der Waals surface area contributed by atoms with Gasteiger partial charge >= 0.3 is 18.3 Å². The van der Waals surface area contributed by atoms with E-state index in [0.717, 1.165) is 19.4 Å². The highest BCUT2D eigenvalue weighted by Crippen LogP contribution is 2.47. The van der Waals surface area contributed by atoms with Gasteiger partial charge in [0.05, 0.1) is 17.7 Å². The number of hydrogen-bond donors (Lipinski definition) is 1. The van der Waals surface area contributed by atoms with Crippen LogP contribution in [-0.2, 0) is 24.5 Å². The van der Waals surface area contributed by atoms with Crippen LogP contribution in [0.4, 0.5) is 26.3 Å². The monoisotopic (exact) mass is 672 g/mol. The molecule has 13 heteroatoms. The standard InChI is InChI=1S/C34H42F6N2O5/c1-21(2)23-9-14-28(41-19-23)26(27(22(3)43)20-42-29(44)17-30(45)47-31(4,5)6)18-32(7,34(38,39)40)24-10-12-25(13-11-24)46-16-8-15-33(35,36)37/h9-14,19,21H,8,15-18,20H2,1-7H3,(H,42,44)/b27-26+/t32-/m1/s1. The smallest absolute Gasteiger partial charge is 0.398 e. The van der Waals surface area contributed by atoms with Crippen LogP contribution in [-0.4, -0.2) is 53.7 Å². The first-order valence-corrected chi connectivity index (χ1v) is 15.1. The molecule has 1 heterocycles. The summed E-state index contributed by atoms with van der Waals surface area (Å²) in [6.45, 7) is 10.1. The van der Waals surface area contributed by atoms with E-state index in [1.54, 1.807) is 26.8 Å². The molecule has 0 bridgehead atoms. The molecular weight excluding hydrogens is 630 g/mol. The molecule has 0 aliphatic heterocycles. The second kappa shape index (κ2) is 15.8. The number of ketones is 1. The normalized spacial score (nSPS) is 14.3. The first-order chi connectivity index (χ1) is 21.5. The molecule has 1 atom stereocenters. The van der Waals surface area contributed by atoms with Crippen molar-refractivity contribution in [2.24, 2.45) is 0 Å². The van der Waals surface area contributed by atoms with E-state index in [1.807, 2.05) is 13.8 Å². The SMILES string of the molecule is CC(=O)/C(CNC(=O)CC(=O)OC(C)(C)C)=C(\C[C@](C)(c1ccc(OCCCC(F)(F)F)cc1)C(F)(F)F)c1ccc(C(C)C)cn1. The van der Waals surface area contributed by atoms with Crippen LogP contribution in [0, 0.1) is 0 Å². The number of allylic oxidation sites excluding steroid dienone is 1. The number of carbonyl (C=O) groups is 3. The first-order valence-electron chi connectivity index (χ1n) is 15.1. The minimum atomic E-state index is -4.85. The number of benzene rings is 1. The summed E-state index contributed by atoms with van der Waals surface area (Å²) in [7, 11) is 0. The van der Waals surface area contributed by atoms with Crippen LogP contribution in [0.2, 0.25) is 0 Å². The van der Waals surface area contributed by atoms with Gasteiger partial charge in [-0.1, -0.05) is 32.0 Å². The van der Waals surface area contributed by atoms with Crippen molar-refractivity contribution >= 4 is 23.2 Å². The summed E-state index contributed by atoms with van der Waals surface area (Å²) in [5.74, 6) is -2.05. The first kappa shape index (κ1) is 39.3. The molecule has 260 valence electrons. The molecule has 2 aromatic rings. The molecule has 47 heavy (non-hydrogen) atoms. The lowest BCUT2D eigenvalue weighted by Crippen LogP contribution is -2.40. The molecule has 0 spiro atoms. The molecule has 0 fully saturated rings. The maximum atomic E-state index is 15.0. The van der Waals surface area contributed by atoms with Gasteiger partial charge in [0.15, 0.2) is 5.78 Å². The van der Waals surface area contributed by atoms with Gasteiger partial charge in [-0.3, -0.25) is 19.4 Å². The predicted molar refractivity (Wildman–Crippen MR) is 165 cm³/mol. The lowest BCUT2D eigenvalue weighted by atomic mass is 9.74. The number of hydrogen-bond acceptors (Lipinski definition) is 6. The Hall–Kier alpha value is -3.90. The number of nitrogens with zero attached hydrogens (tertiary/aromatic N) is 1. The van der Waals surface area contributed by atoms with Crippen molar-refractivity contribution in [1.82, 2.24) is 10.3 Å². The number of nitrogens with one attached hydrogen (secondary N) is 1. The van der Waals surface area contributed by atoms with Crippen molar-refractivity contribution in [1.29, 1.82) is 0 Å². The van der Waals surface area contributed by atoms with Gasteiger partial charge in [0.1, 0.15) is 17.8 Å². The number of alkyl halides is 6. The third-order valence-corrected chi connectivity index (χ3v) is 7.26. The molecule has 0 aliphatic carbocycles. The van der Waals surface area contributed by atoms with E-state index in [-0.39, 0.29) is 47.1 Å². The van der Waals surface area contributed by atoms with E-state index in [1.165, 1.54) is 36.5 Å². The van der Waals surface area contributed by atoms with E-state index in [9.17, 15) is 40.7 Å². The molecule has 0 radical (unpaired) electrons. The number of aromatic nitrogens is 1. The van der Waals surface area contributed by atoms with E-state index < -0.39 is 66.8 Å². The molecular formula is C34H42F6N2O5. The van der Waals surface area contributed by atoms with Gasteiger partial charge < -0.3 is 14.8 Å². The van der Waals surface area contributed by atoms with Crippen molar-refractivity contribution in [2.45, 2.75) is 103 Å². The van der Waals surface area contributed by atoms with E-state index in [2.05, 4.69) is 10.3 Å².